The van der Waals surface area contributed by atoms with Gasteiger partial charge in [0, 0.05) is 38.9 Å². The van der Waals surface area contributed by atoms with E-state index in [2.05, 4.69) is 21.2 Å². The monoisotopic (exact) mass is 887 g/mol. The minimum absolute atomic E-state index is 0. The van der Waals surface area contributed by atoms with Gasteiger partial charge in [-0.1, -0.05) is 26.2 Å². The number of carbonyl (C=O) groups is 6. The van der Waals surface area contributed by atoms with Gasteiger partial charge in [0.05, 0.1) is 37.7 Å². The first-order valence-corrected chi connectivity index (χ1v) is 17.0. The molecule has 4 fully saturated rings. The van der Waals surface area contributed by atoms with E-state index in [1.807, 2.05) is 9.80 Å². The van der Waals surface area contributed by atoms with Crippen molar-refractivity contribution in [2.75, 3.05) is 90.5 Å². The number of aliphatic carboxylic acids is 1. The number of nitrogens with one attached hydrogen (secondary N) is 3. The van der Waals surface area contributed by atoms with Gasteiger partial charge in [0.15, 0.2) is 0 Å². The van der Waals surface area contributed by atoms with Crippen LogP contribution in [0.15, 0.2) is 18.3 Å². The fourth-order valence-electron chi connectivity index (χ4n) is 6.54. The zero-order chi connectivity index (χ0) is 37.4. The summed E-state index contributed by atoms with van der Waals surface area (Å²) in [6, 6.07) is 2.01. The molecule has 22 heteroatoms. The summed E-state index contributed by atoms with van der Waals surface area (Å²) in [4.78, 5) is 87.7. The largest absolute Gasteiger partial charge is 2.00 e. The molecule has 1 aromatic heterocycles. The maximum Gasteiger partial charge on any atom is 2.00 e. The number of amides is 3. The van der Waals surface area contributed by atoms with Crippen LogP contribution >= 0.6 is 0 Å². The fraction of sp³-hybridized carbons (Fsp3) is 0.581. The molecule has 4 saturated heterocycles. The van der Waals surface area contributed by atoms with Gasteiger partial charge in [-0.2, -0.15) is 0 Å². The minimum atomic E-state index is -1.66. The standard InChI is InChI=1S/C31H44BN9O11.Gd/c1-20(31(48)41-6-2-3-24(41)32(49)50)34-30(47)21-4-5-25(33-11-21)35-36-26(42)16-37-7-9-39-15-23(52-29(46)18-39)13-38(17-27(43)44)8-10-40-14-22(12-37)51-28(45)19-40;/h4-5,11,20,24,49-50H,2-3,6-10,12-19H2,1H3,(H,33,35)(H,34,47)(H,36,42)(H,43,44);/q-2;+2/t20-,24+;/m1./s1. The smallest absolute Gasteiger partial charge is 0.631 e. The summed E-state index contributed by atoms with van der Waals surface area (Å²) in [6.07, 6.45) is 3.21. The fourth-order valence-corrected chi connectivity index (χ4v) is 6.54. The maximum atomic E-state index is 13.1. The summed E-state index contributed by atoms with van der Waals surface area (Å²) in [6.45, 7) is 3.77. The van der Waals surface area contributed by atoms with Crippen molar-refractivity contribution >= 4 is 48.6 Å². The van der Waals surface area contributed by atoms with Crippen molar-refractivity contribution in [2.24, 2.45) is 0 Å². The van der Waals surface area contributed by atoms with Crippen molar-refractivity contribution < 1.29 is 93.3 Å². The summed E-state index contributed by atoms with van der Waals surface area (Å²) in [5.74, 6) is -3.87. The number of esters is 2. The molecule has 4 aliphatic rings. The molecule has 53 heavy (non-hydrogen) atoms. The molecule has 5 heterocycles. The summed E-state index contributed by atoms with van der Waals surface area (Å²) >= 11 is 0. The van der Waals surface area contributed by atoms with Crippen LogP contribution in [0.3, 0.4) is 0 Å². The molecule has 0 aliphatic carbocycles. The molecule has 4 aliphatic heterocycles. The van der Waals surface area contributed by atoms with E-state index in [0.29, 0.717) is 70.9 Å². The first-order valence-electron chi connectivity index (χ1n) is 17.0. The number of hydrogen-bond acceptors (Lipinski definition) is 16. The van der Waals surface area contributed by atoms with Gasteiger partial charge in [-0.3, -0.25) is 39.6 Å². The molecular formula is C31H44BGdN9O11. The van der Waals surface area contributed by atoms with E-state index in [4.69, 9.17) is 9.47 Å². The van der Waals surface area contributed by atoms with Gasteiger partial charge in [-0.05, 0) is 31.9 Å². The molecule has 6 N–H and O–H groups in total. The number of likely N-dealkylation sites (tertiary alicyclic amines) is 1. The van der Waals surface area contributed by atoms with Crippen LogP contribution in [0, 0.1) is 52.1 Å². The third-order valence-electron chi connectivity index (χ3n) is 9.01. The molecule has 4 bridgehead atoms. The van der Waals surface area contributed by atoms with Crippen molar-refractivity contribution in [1.82, 2.24) is 40.2 Å². The number of nitrogens with zero attached hydrogens (tertiary/aromatic N) is 6. The van der Waals surface area contributed by atoms with Crippen LogP contribution < -0.4 is 16.2 Å². The number of carbonyl (C=O) groups excluding carboxylic acids is 5. The van der Waals surface area contributed by atoms with Crippen LogP contribution in [-0.2, 0) is 33.4 Å². The number of rotatable bonds is 10. The maximum absolute atomic E-state index is 13.1. The van der Waals surface area contributed by atoms with Gasteiger partial charge in [0.25, 0.3) is 23.8 Å². The molecular weight excluding hydrogens is 842 g/mol. The Labute approximate surface area is 338 Å². The van der Waals surface area contributed by atoms with Crippen molar-refractivity contribution in [2.45, 2.75) is 31.7 Å². The molecule has 1 aromatic rings. The van der Waals surface area contributed by atoms with Gasteiger partial charge < -0.3 is 54.4 Å². The average molecular weight is 887 g/mol. The molecule has 2 unspecified atom stereocenters. The van der Waals surface area contributed by atoms with E-state index >= 15 is 0 Å². The summed E-state index contributed by atoms with van der Waals surface area (Å²) in [5, 5.41) is 31.1. The Morgan fingerprint density at radius 2 is 1.53 bits per heavy atom. The van der Waals surface area contributed by atoms with Crippen molar-refractivity contribution in [3.05, 3.63) is 36.1 Å². The molecule has 0 radical (unpaired) electrons. The Morgan fingerprint density at radius 3 is 2.08 bits per heavy atom. The van der Waals surface area contributed by atoms with E-state index in [9.17, 15) is 43.9 Å². The summed E-state index contributed by atoms with van der Waals surface area (Å²) in [5.41, 5.74) is 5.43. The number of pyridine rings is 1. The van der Waals surface area contributed by atoms with E-state index in [1.165, 1.54) is 30.2 Å². The number of hydrogen-bond donors (Lipinski definition) is 6. The van der Waals surface area contributed by atoms with Crippen LogP contribution in [-0.4, -0.2) is 184 Å². The quantitative estimate of drug-likeness (QED) is 0.0570. The number of fused-ring (bicyclic) bond motifs is 4. The number of hydrazine groups is 1. The van der Waals surface area contributed by atoms with Crippen molar-refractivity contribution in [1.29, 1.82) is 0 Å². The molecule has 0 spiro atoms. The van der Waals surface area contributed by atoms with E-state index in [-0.39, 0.29) is 90.6 Å². The third-order valence-corrected chi connectivity index (χ3v) is 9.01. The van der Waals surface area contributed by atoms with Gasteiger partial charge in [-0.25, -0.2) is 4.98 Å². The molecule has 5 rings (SSSR count). The second kappa shape index (κ2) is 20.0. The second-order valence-corrected chi connectivity index (χ2v) is 13.2. The van der Waals surface area contributed by atoms with Crippen LogP contribution in [0.25, 0.3) is 0 Å². The van der Waals surface area contributed by atoms with Crippen LogP contribution in [0.1, 0.15) is 30.1 Å². The number of aromatic nitrogens is 1. The van der Waals surface area contributed by atoms with Crippen LogP contribution in [0.4, 0.5) is 5.82 Å². The average Bonchev–Trinajstić information content (AvgIpc) is 3.58. The Balaban J connectivity index is 0.00000627. The Morgan fingerprint density at radius 1 is 0.925 bits per heavy atom. The molecule has 0 aromatic carbocycles. The predicted octanol–water partition coefficient (Wildman–Crippen LogP) is -3.87. The summed E-state index contributed by atoms with van der Waals surface area (Å²) < 4.78 is 11.0. The normalized spacial score (nSPS) is 24.1. The Hall–Kier alpha value is -3.08. The molecule has 20 nitrogen and oxygen atoms in total. The molecule has 3 amide bonds. The first kappa shape index (κ1) is 42.7. The number of morpholine rings is 2. The first-order chi connectivity index (χ1) is 24.8. The number of anilines is 1. The Bertz CT molecular complexity index is 1480. The van der Waals surface area contributed by atoms with E-state index in [1.54, 1.807) is 9.80 Å². The zero-order valence-corrected chi connectivity index (χ0v) is 31.5. The number of carboxylic acids is 1. The molecule has 290 valence electrons. The van der Waals surface area contributed by atoms with Gasteiger partial charge >= 0.3 is 53.0 Å². The zero-order valence-electron chi connectivity index (χ0n) is 29.2. The van der Waals surface area contributed by atoms with E-state index in [0.717, 1.165) is 0 Å². The van der Waals surface area contributed by atoms with Crippen LogP contribution in [0.5, 0.6) is 0 Å². The molecule has 4 atom stereocenters. The SMILES string of the molecule is C[C@@H](NC(=O)c1ccc(NNC(=O)CN2CCN3CC(=O)O[C-](CN(CC(=O)O)CCN4CC(=O)O[C-](C2)C4)C3)nc1)C(=O)N1CCC[C@H]1B(O)O.[Gd+2]. The third kappa shape index (κ3) is 12.7. The number of carboxylic acid groups (broad SMARTS) is 1. The topological polar surface area (TPSA) is 247 Å². The van der Waals surface area contributed by atoms with Crippen molar-refractivity contribution in [3.63, 3.8) is 0 Å². The van der Waals surface area contributed by atoms with Gasteiger partial charge in [0.1, 0.15) is 11.9 Å². The van der Waals surface area contributed by atoms with E-state index < -0.39 is 54.7 Å². The minimum Gasteiger partial charge on any atom is -0.631 e. The second-order valence-electron chi connectivity index (χ2n) is 13.2. The summed E-state index contributed by atoms with van der Waals surface area (Å²) in [7, 11) is -1.66. The Kier molecular flexibility index (Phi) is 16.1. The molecule has 0 saturated carbocycles. The number of ether oxygens (including phenoxy) is 2. The van der Waals surface area contributed by atoms with Crippen molar-refractivity contribution in [3.8, 4) is 0 Å². The van der Waals surface area contributed by atoms with Gasteiger partial charge in [-0.15, -0.1) is 12.2 Å². The predicted molar refractivity (Wildman–Crippen MR) is 180 cm³/mol. The van der Waals surface area contributed by atoms with Crippen LogP contribution in [0.2, 0.25) is 0 Å². The van der Waals surface area contributed by atoms with Gasteiger partial charge in [0.2, 0.25) is 5.91 Å².